The van der Waals surface area contributed by atoms with Gasteiger partial charge in [-0.1, -0.05) is 12.6 Å². The van der Waals surface area contributed by atoms with E-state index in [4.69, 9.17) is 11.0 Å². The second-order valence-corrected chi connectivity index (χ2v) is 2.56. The van der Waals surface area contributed by atoms with Crippen LogP contribution in [0.15, 0.2) is 24.8 Å². The predicted octanol–water partition coefficient (Wildman–Crippen LogP) is 1.78. The van der Waals surface area contributed by atoms with E-state index < -0.39 is 0 Å². The molecule has 0 aliphatic carbocycles. The minimum absolute atomic E-state index is 0.0459. The van der Waals surface area contributed by atoms with Gasteiger partial charge in [0, 0.05) is 0 Å². The number of benzene rings is 1. The molecule has 64 valence electrons. The molecule has 0 aliphatic rings. The number of nitrogens with two attached hydrogens (primary N) is 1. The Balaban J connectivity index is 3.20. The van der Waals surface area contributed by atoms with Crippen molar-refractivity contribution in [3.8, 4) is 5.75 Å². The monoisotopic (exact) mass is 165 g/mol. The maximum Gasteiger partial charge on any atom is 0.157 e. The molecule has 0 bridgehead atoms. The Morgan fingerprint density at radius 1 is 1.58 bits per heavy atom. The second-order valence-electron chi connectivity index (χ2n) is 2.56. The van der Waals surface area contributed by atoms with E-state index in [0.717, 1.165) is 5.56 Å². The number of rotatable bonds is 2. The highest BCUT2D eigenvalue weighted by molar-refractivity contribution is 5.63. The first-order chi connectivity index (χ1) is 5.65. The zero-order chi connectivity index (χ0) is 9.14. The molecular formula is C9H11NO2. The fraction of sp³-hybridized carbons (Fsp3) is 0.111. The molecule has 1 aromatic rings. The van der Waals surface area contributed by atoms with Crippen LogP contribution in [-0.2, 0) is 0 Å². The van der Waals surface area contributed by atoms with Gasteiger partial charge >= 0.3 is 0 Å². The van der Waals surface area contributed by atoms with Crippen molar-refractivity contribution in [2.24, 2.45) is 5.90 Å². The number of hydrogen-bond donors (Lipinski definition) is 2. The highest BCUT2D eigenvalue weighted by Crippen LogP contribution is 2.23. The number of aliphatic hydroxyl groups is 1. The molecule has 1 rings (SSSR count). The zero-order valence-electron chi connectivity index (χ0n) is 6.87. The minimum atomic E-state index is -0.0459. The van der Waals surface area contributed by atoms with Gasteiger partial charge in [-0.3, -0.25) is 0 Å². The Morgan fingerprint density at radius 3 is 2.75 bits per heavy atom. The molecule has 0 atom stereocenters. The molecule has 0 fully saturated rings. The Labute approximate surface area is 71.0 Å². The third-order valence-corrected chi connectivity index (χ3v) is 1.57. The molecule has 1 aromatic carbocycles. The zero-order valence-corrected chi connectivity index (χ0v) is 6.87. The van der Waals surface area contributed by atoms with Gasteiger partial charge in [-0.15, -0.1) is 0 Å². The minimum Gasteiger partial charge on any atom is -0.508 e. The van der Waals surface area contributed by atoms with Crippen LogP contribution in [0.3, 0.4) is 0 Å². The summed E-state index contributed by atoms with van der Waals surface area (Å²) >= 11 is 0. The average Bonchev–Trinajstić information content (AvgIpc) is 2.03. The summed E-state index contributed by atoms with van der Waals surface area (Å²) in [5.74, 6) is 5.39. The summed E-state index contributed by atoms with van der Waals surface area (Å²) in [4.78, 5) is 4.57. The molecule has 3 heteroatoms. The Morgan fingerprint density at radius 2 is 2.25 bits per heavy atom. The molecule has 0 aliphatic heterocycles. The number of aliphatic hydroxyl groups excluding tert-OH is 1. The lowest BCUT2D eigenvalue weighted by atomic mass is 10.1. The van der Waals surface area contributed by atoms with Crippen molar-refractivity contribution < 1.29 is 9.94 Å². The van der Waals surface area contributed by atoms with Crippen LogP contribution in [0, 0.1) is 6.92 Å². The van der Waals surface area contributed by atoms with Gasteiger partial charge in [0.2, 0.25) is 0 Å². The van der Waals surface area contributed by atoms with Gasteiger partial charge in [-0.2, -0.15) is 5.90 Å². The SMILES string of the molecule is C=C(O)c1ccc(C)cc1ON. The van der Waals surface area contributed by atoms with E-state index in [1.807, 2.05) is 13.0 Å². The van der Waals surface area contributed by atoms with Crippen LogP contribution >= 0.6 is 0 Å². The lowest BCUT2D eigenvalue weighted by Crippen LogP contribution is -2.04. The third-order valence-electron chi connectivity index (χ3n) is 1.57. The topological polar surface area (TPSA) is 55.5 Å². The van der Waals surface area contributed by atoms with Crippen molar-refractivity contribution in [3.05, 3.63) is 35.9 Å². The van der Waals surface area contributed by atoms with Crippen molar-refractivity contribution in [1.82, 2.24) is 0 Å². The first-order valence-electron chi connectivity index (χ1n) is 3.51. The normalized spacial score (nSPS) is 9.50. The largest absolute Gasteiger partial charge is 0.508 e. The van der Waals surface area contributed by atoms with Crippen LogP contribution < -0.4 is 10.7 Å². The highest BCUT2D eigenvalue weighted by atomic mass is 16.6. The Bertz CT molecular complexity index is 307. The van der Waals surface area contributed by atoms with Crippen molar-refractivity contribution in [3.63, 3.8) is 0 Å². The van der Waals surface area contributed by atoms with Crippen LogP contribution in [0.1, 0.15) is 11.1 Å². The second kappa shape index (κ2) is 3.28. The summed E-state index contributed by atoms with van der Waals surface area (Å²) < 4.78 is 0. The molecule has 0 radical (unpaired) electrons. The van der Waals surface area contributed by atoms with E-state index in [0.29, 0.717) is 11.3 Å². The molecule has 0 amide bonds. The van der Waals surface area contributed by atoms with Crippen molar-refractivity contribution >= 4 is 5.76 Å². The van der Waals surface area contributed by atoms with Crippen LogP contribution in [0.2, 0.25) is 0 Å². The van der Waals surface area contributed by atoms with Gasteiger partial charge in [0.05, 0.1) is 5.56 Å². The van der Waals surface area contributed by atoms with Crippen molar-refractivity contribution in [1.29, 1.82) is 0 Å². The van der Waals surface area contributed by atoms with Gasteiger partial charge in [-0.25, -0.2) is 0 Å². The smallest absolute Gasteiger partial charge is 0.157 e. The van der Waals surface area contributed by atoms with Gasteiger partial charge in [0.15, 0.2) is 5.75 Å². The van der Waals surface area contributed by atoms with Gasteiger partial charge in [0.1, 0.15) is 5.76 Å². The van der Waals surface area contributed by atoms with Crippen LogP contribution in [-0.4, -0.2) is 5.11 Å². The summed E-state index contributed by atoms with van der Waals surface area (Å²) in [6, 6.07) is 5.29. The molecule has 0 saturated heterocycles. The molecule has 3 N–H and O–H groups in total. The Kier molecular flexibility index (Phi) is 2.35. The summed E-state index contributed by atoms with van der Waals surface area (Å²) in [7, 11) is 0. The predicted molar refractivity (Wildman–Crippen MR) is 47.7 cm³/mol. The molecule has 0 heterocycles. The molecule has 0 unspecified atom stereocenters. The lowest BCUT2D eigenvalue weighted by molar-refractivity contribution is 0.331. The van der Waals surface area contributed by atoms with Gasteiger partial charge < -0.3 is 9.94 Å². The summed E-state index contributed by atoms with van der Waals surface area (Å²) in [6.45, 7) is 5.29. The molecule has 0 aromatic heterocycles. The van der Waals surface area contributed by atoms with Gasteiger partial charge in [0.25, 0.3) is 0 Å². The van der Waals surface area contributed by atoms with Gasteiger partial charge in [-0.05, 0) is 24.6 Å². The van der Waals surface area contributed by atoms with E-state index >= 15 is 0 Å². The lowest BCUT2D eigenvalue weighted by Gasteiger charge is -2.06. The first-order valence-corrected chi connectivity index (χ1v) is 3.51. The standard InChI is InChI=1S/C9H11NO2/c1-6-3-4-8(7(2)11)9(5-6)12-10/h3-5,11H,2,10H2,1H3. The fourth-order valence-corrected chi connectivity index (χ4v) is 0.965. The maximum absolute atomic E-state index is 9.10. The van der Waals surface area contributed by atoms with E-state index in [1.54, 1.807) is 12.1 Å². The quantitative estimate of drug-likeness (QED) is 0.518. The van der Waals surface area contributed by atoms with Crippen molar-refractivity contribution in [2.45, 2.75) is 6.92 Å². The molecule has 3 nitrogen and oxygen atoms in total. The van der Waals surface area contributed by atoms with E-state index in [2.05, 4.69) is 11.4 Å². The van der Waals surface area contributed by atoms with E-state index in [1.165, 1.54) is 0 Å². The van der Waals surface area contributed by atoms with Crippen LogP contribution in [0.25, 0.3) is 5.76 Å². The number of hydrogen-bond acceptors (Lipinski definition) is 3. The summed E-state index contributed by atoms with van der Waals surface area (Å²) in [5.41, 5.74) is 1.53. The first kappa shape index (κ1) is 8.62. The maximum atomic E-state index is 9.10. The molecule has 0 saturated carbocycles. The van der Waals surface area contributed by atoms with E-state index in [9.17, 15) is 0 Å². The average molecular weight is 165 g/mol. The fourth-order valence-electron chi connectivity index (χ4n) is 0.965. The number of aryl methyl sites for hydroxylation is 1. The molecule has 12 heavy (non-hydrogen) atoms. The van der Waals surface area contributed by atoms with Crippen LogP contribution in [0.5, 0.6) is 5.75 Å². The molecular weight excluding hydrogens is 154 g/mol. The summed E-state index contributed by atoms with van der Waals surface area (Å²) in [5, 5.41) is 9.10. The van der Waals surface area contributed by atoms with Crippen molar-refractivity contribution in [2.75, 3.05) is 0 Å². The third kappa shape index (κ3) is 1.57. The highest BCUT2D eigenvalue weighted by Gasteiger charge is 2.05. The molecule has 0 spiro atoms. The summed E-state index contributed by atoms with van der Waals surface area (Å²) in [6.07, 6.45) is 0. The van der Waals surface area contributed by atoms with E-state index in [-0.39, 0.29) is 5.76 Å². The van der Waals surface area contributed by atoms with Crippen LogP contribution in [0.4, 0.5) is 0 Å². The Hall–Kier alpha value is -1.48.